The summed E-state index contributed by atoms with van der Waals surface area (Å²) in [6.07, 6.45) is -0.473. The highest BCUT2D eigenvalue weighted by atomic mass is 16.7. The fourth-order valence-corrected chi connectivity index (χ4v) is 6.61. The molecule has 1 fully saturated rings. The molecule has 54 heavy (non-hydrogen) atoms. The van der Waals surface area contributed by atoms with Gasteiger partial charge in [0.05, 0.1) is 61.8 Å². The first-order chi connectivity index (χ1) is 26.5. The van der Waals surface area contributed by atoms with Crippen molar-refractivity contribution in [1.82, 2.24) is 9.80 Å². The Bertz CT molecular complexity index is 1650. The van der Waals surface area contributed by atoms with Crippen molar-refractivity contribution in [3.63, 3.8) is 0 Å². The number of nitriles is 2. The summed E-state index contributed by atoms with van der Waals surface area (Å²) >= 11 is 0. The lowest BCUT2D eigenvalue weighted by molar-refractivity contribution is -0.192. The third-order valence-electron chi connectivity index (χ3n) is 9.37. The summed E-state index contributed by atoms with van der Waals surface area (Å²) in [6, 6.07) is 37.7. The minimum absolute atomic E-state index is 0.0592. The molecule has 1 saturated heterocycles. The van der Waals surface area contributed by atoms with Crippen molar-refractivity contribution in [2.45, 2.75) is 50.2 Å². The quantitative estimate of drug-likeness (QED) is 0.0783. The standard InChI is InChI=1S/C43H48N4O7/c1-49-21-23-51-31-53-41-39(25-33-9-5-3-6-10-33)46(29-37-17-13-35(27-44)14-18-37)43(48)47(30-38-19-15-36(28-45)16-20-38)40(26-34-11-7-4-8-12-34)42(41)54-32-52-24-22-50-2/h3-20,39-42H,21-26,29-32H2,1-2H3/t39-,40-,41+,42+/m1/s1. The van der Waals surface area contributed by atoms with Gasteiger partial charge in [-0.15, -0.1) is 0 Å². The Kier molecular flexibility index (Phi) is 16.0. The van der Waals surface area contributed by atoms with Gasteiger partial charge in [0.25, 0.3) is 0 Å². The molecule has 282 valence electrons. The Morgan fingerprint density at radius 3 is 1.28 bits per heavy atom. The lowest BCUT2D eigenvalue weighted by Crippen LogP contribution is -2.53. The summed E-state index contributed by atoms with van der Waals surface area (Å²) in [7, 11) is 3.23. The summed E-state index contributed by atoms with van der Waals surface area (Å²) < 4.78 is 35.7. The SMILES string of the molecule is COCCOCO[C@@H]1[C@@H](OCOCCOC)[C@@H](Cc2ccccc2)N(Cc2ccc(C#N)cc2)C(=O)N(Cc2ccc(C#N)cc2)[C@@H]1Cc1ccccc1. The van der Waals surface area contributed by atoms with Crippen LogP contribution in [-0.4, -0.2) is 94.4 Å². The van der Waals surface area contributed by atoms with E-state index < -0.39 is 24.3 Å². The van der Waals surface area contributed by atoms with Crippen LogP contribution in [0.1, 0.15) is 33.4 Å². The molecule has 0 radical (unpaired) electrons. The van der Waals surface area contributed by atoms with Gasteiger partial charge >= 0.3 is 6.03 Å². The molecule has 4 atom stereocenters. The highest BCUT2D eigenvalue weighted by molar-refractivity contribution is 5.76. The van der Waals surface area contributed by atoms with Crippen molar-refractivity contribution in [3.05, 3.63) is 143 Å². The number of rotatable bonds is 20. The summed E-state index contributed by atoms with van der Waals surface area (Å²) in [5.41, 5.74) is 4.81. The van der Waals surface area contributed by atoms with Gasteiger partial charge < -0.3 is 38.2 Å². The maximum Gasteiger partial charge on any atom is 0.321 e. The van der Waals surface area contributed by atoms with Crippen LogP contribution in [0.3, 0.4) is 0 Å². The van der Waals surface area contributed by atoms with Crippen molar-refractivity contribution in [1.29, 1.82) is 10.5 Å². The second-order valence-electron chi connectivity index (χ2n) is 13.0. The van der Waals surface area contributed by atoms with Gasteiger partial charge in [-0.2, -0.15) is 10.5 Å². The Hall–Kier alpha value is -5.11. The van der Waals surface area contributed by atoms with Crippen LogP contribution in [0, 0.1) is 22.7 Å². The van der Waals surface area contributed by atoms with E-state index in [0.717, 1.165) is 22.3 Å². The number of nitrogens with zero attached hydrogens (tertiary/aromatic N) is 4. The van der Waals surface area contributed by atoms with Gasteiger partial charge in [-0.05, 0) is 59.4 Å². The average molecular weight is 733 g/mol. The Balaban J connectivity index is 1.67. The van der Waals surface area contributed by atoms with E-state index in [9.17, 15) is 10.5 Å². The minimum Gasteiger partial charge on any atom is -0.382 e. The van der Waals surface area contributed by atoms with E-state index in [1.54, 1.807) is 38.5 Å². The Morgan fingerprint density at radius 1 is 0.537 bits per heavy atom. The maximum atomic E-state index is 15.5. The molecule has 11 nitrogen and oxygen atoms in total. The number of carbonyl (C=O) groups is 1. The summed E-state index contributed by atoms with van der Waals surface area (Å²) in [4.78, 5) is 19.2. The average Bonchev–Trinajstić information content (AvgIpc) is 3.28. The normalized spacial score (nSPS) is 18.6. The Labute approximate surface area is 318 Å². The Morgan fingerprint density at radius 2 is 0.926 bits per heavy atom. The smallest absolute Gasteiger partial charge is 0.321 e. The molecule has 1 aliphatic rings. The largest absolute Gasteiger partial charge is 0.382 e. The molecule has 11 heteroatoms. The zero-order valence-electron chi connectivity index (χ0n) is 30.9. The van der Waals surface area contributed by atoms with Crippen LogP contribution >= 0.6 is 0 Å². The summed E-state index contributed by atoms with van der Waals surface area (Å²) in [6.45, 7) is 1.80. The molecule has 4 aromatic carbocycles. The third-order valence-corrected chi connectivity index (χ3v) is 9.37. The minimum atomic E-state index is -0.694. The van der Waals surface area contributed by atoms with E-state index in [1.807, 2.05) is 94.7 Å². The third kappa shape index (κ3) is 11.4. The monoisotopic (exact) mass is 732 g/mol. The maximum absolute atomic E-state index is 15.5. The lowest BCUT2D eigenvalue weighted by atomic mass is 9.90. The van der Waals surface area contributed by atoms with Crippen LogP contribution in [-0.2, 0) is 54.4 Å². The van der Waals surface area contributed by atoms with Gasteiger partial charge in [-0.25, -0.2) is 4.79 Å². The van der Waals surface area contributed by atoms with Crippen LogP contribution in [0.25, 0.3) is 0 Å². The second kappa shape index (κ2) is 21.6. The molecule has 1 aliphatic heterocycles. The first kappa shape index (κ1) is 40.1. The van der Waals surface area contributed by atoms with Crippen LogP contribution < -0.4 is 0 Å². The van der Waals surface area contributed by atoms with Gasteiger partial charge in [-0.3, -0.25) is 0 Å². The van der Waals surface area contributed by atoms with E-state index in [2.05, 4.69) is 12.1 Å². The van der Waals surface area contributed by atoms with E-state index in [1.165, 1.54) is 0 Å². The second-order valence-corrected chi connectivity index (χ2v) is 13.0. The van der Waals surface area contributed by atoms with Crippen molar-refractivity contribution in [2.24, 2.45) is 0 Å². The van der Waals surface area contributed by atoms with E-state index in [4.69, 9.17) is 28.4 Å². The fraction of sp³-hybridized carbons (Fsp3) is 0.372. The molecular weight excluding hydrogens is 684 g/mol. The number of hydrogen-bond acceptors (Lipinski definition) is 9. The highest BCUT2D eigenvalue weighted by Gasteiger charge is 2.49. The summed E-state index contributed by atoms with van der Waals surface area (Å²) in [5, 5.41) is 19.0. The van der Waals surface area contributed by atoms with E-state index in [-0.39, 0.29) is 32.7 Å². The number of amides is 2. The number of hydrogen-bond donors (Lipinski definition) is 0. The first-order valence-electron chi connectivity index (χ1n) is 18.0. The predicted molar refractivity (Wildman–Crippen MR) is 202 cm³/mol. The molecule has 1 heterocycles. The number of carbonyl (C=O) groups excluding carboxylic acids is 1. The van der Waals surface area contributed by atoms with E-state index in [0.29, 0.717) is 50.4 Å². The van der Waals surface area contributed by atoms with Crippen molar-refractivity contribution in [3.8, 4) is 12.1 Å². The summed E-state index contributed by atoms with van der Waals surface area (Å²) in [5.74, 6) is 0. The van der Waals surface area contributed by atoms with Crippen LogP contribution in [0.5, 0.6) is 0 Å². The zero-order valence-corrected chi connectivity index (χ0v) is 30.9. The molecule has 5 rings (SSSR count). The lowest BCUT2D eigenvalue weighted by Gasteiger charge is -2.38. The molecule has 0 N–H and O–H groups in total. The van der Waals surface area contributed by atoms with E-state index >= 15 is 4.79 Å². The number of methoxy groups -OCH3 is 2. The molecule has 0 bridgehead atoms. The molecule has 2 amide bonds. The molecular formula is C43H48N4O7. The first-order valence-corrected chi connectivity index (χ1v) is 18.0. The van der Waals surface area contributed by atoms with Gasteiger partial charge in [0.1, 0.15) is 25.8 Å². The van der Waals surface area contributed by atoms with Gasteiger partial charge in [-0.1, -0.05) is 84.9 Å². The molecule has 4 aromatic rings. The van der Waals surface area contributed by atoms with Crippen LogP contribution in [0.4, 0.5) is 4.79 Å². The fourth-order valence-electron chi connectivity index (χ4n) is 6.61. The number of ether oxygens (including phenoxy) is 6. The van der Waals surface area contributed by atoms with Crippen molar-refractivity contribution >= 4 is 6.03 Å². The zero-order chi connectivity index (χ0) is 38.0. The van der Waals surface area contributed by atoms with Gasteiger partial charge in [0.2, 0.25) is 0 Å². The molecule has 0 spiro atoms. The number of benzene rings is 4. The molecule has 0 aliphatic carbocycles. The van der Waals surface area contributed by atoms with Crippen LogP contribution in [0.15, 0.2) is 109 Å². The van der Waals surface area contributed by atoms with Crippen molar-refractivity contribution < 1.29 is 33.2 Å². The molecule has 0 saturated carbocycles. The predicted octanol–water partition coefficient (Wildman–Crippen LogP) is 6.10. The molecule has 0 aromatic heterocycles. The van der Waals surface area contributed by atoms with Crippen LogP contribution in [0.2, 0.25) is 0 Å². The topological polar surface area (TPSA) is 127 Å². The number of urea groups is 1. The molecule has 0 unspecified atom stereocenters. The highest BCUT2D eigenvalue weighted by Crippen LogP contribution is 2.33. The van der Waals surface area contributed by atoms with Crippen molar-refractivity contribution in [2.75, 3.05) is 54.2 Å². The van der Waals surface area contributed by atoms with Gasteiger partial charge in [0.15, 0.2) is 0 Å². The van der Waals surface area contributed by atoms with Gasteiger partial charge in [0, 0.05) is 27.3 Å².